The maximum absolute atomic E-state index is 11.4. The van der Waals surface area contributed by atoms with Crippen LogP contribution in [-0.4, -0.2) is 46.5 Å². The number of alkyl halides is 12. The van der Waals surface area contributed by atoms with Crippen molar-refractivity contribution in [3.8, 4) is 0 Å². The van der Waals surface area contributed by atoms with Crippen LogP contribution in [0.3, 0.4) is 0 Å². The molecule has 0 rings (SSSR count). The first-order valence-electron chi connectivity index (χ1n) is 5.28. The molecule has 154 valence electrons. The number of aliphatic hydroxyl groups is 2. The van der Waals surface area contributed by atoms with E-state index in [1.807, 2.05) is 0 Å². The van der Waals surface area contributed by atoms with Crippen molar-refractivity contribution in [3.63, 3.8) is 0 Å². The van der Waals surface area contributed by atoms with E-state index >= 15 is 0 Å². The summed E-state index contributed by atoms with van der Waals surface area (Å²) >= 11 is 0. The number of rotatable bonds is 2. The summed E-state index contributed by atoms with van der Waals surface area (Å²) in [5, 5.41) is 15.9. The van der Waals surface area contributed by atoms with Crippen LogP contribution >= 0.6 is 0 Å². The maximum Gasteiger partial charge on any atom is 0.454 e. The van der Waals surface area contributed by atoms with Gasteiger partial charge in [-0.15, -0.1) is 0 Å². The molecule has 27 heavy (non-hydrogen) atoms. The smallest absolute Gasteiger partial charge is 0.454 e. The SMILES string of the molecule is O=C(/C=C(\O)C(F)(F)F)C(F)(F)F.O=C(/C=C(\O)C(F)(F)F)C(F)(F)F.[Zn]. The largest absolute Gasteiger partial charge is 0.504 e. The molecule has 0 aromatic rings. The first-order chi connectivity index (χ1) is 11.1. The van der Waals surface area contributed by atoms with Gasteiger partial charge >= 0.3 is 24.7 Å². The fraction of sp³-hybridized carbons (Fsp3) is 0.400. The van der Waals surface area contributed by atoms with Gasteiger partial charge in [-0.1, -0.05) is 0 Å². The Morgan fingerprint density at radius 3 is 0.815 bits per heavy atom. The zero-order valence-corrected chi connectivity index (χ0v) is 15.1. The van der Waals surface area contributed by atoms with Crippen LogP contribution < -0.4 is 0 Å². The average Bonchev–Trinajstić information content (AvgIpc) is 2.34. The normalized spacial score (nSPS) is 13.9. The third kappa shape index (κ3) is 13.1. The molecule has 0 fully saturated rings. The van der Waals surface area contributed by atoms with E-state index in [1.54, 1.807) is 0 Å². The minimum Gasteiger partial charge on any atom is -0.504 e. The van der Waals surface area contributed by atoms with Crippen LogP contribution in [0.5, 0.6) is 0 Å². The molecule has 0 aliphatic rings. The molecule has 0 aliphatic carbocycles. The molecule has 0 aromatic heterocycles. The Labute approximate surface area is 152 Å². The van der Waals surface area contributed by atoms with Crippen LogP contribution in [0, 0.1) is 0 Å². The van der Waals surface area contributed by atoms with Crippen molar-refractivity contribution < 1.29 is 92.0 Å². The summed E-state index contributed by atoms with van der Waals surface area (Å²) in [6.07, 6.45) is -23.4. The quantitative estimate of drug-likeness (QED) is 0.268. The molecule has 0 radical (unpaired) electrons. The van der Waals surface area contributed by atoms with E-state index in [1.165, 1.54) is 0 Å². The van der Waals surface area contributed by atoms with Crippen LogP contribution in [0.2, 0.25) is 0 Å². The van der Waals surface area contributed by atoms with Gasteiger partial charge in [-0.05, 0) is 0 Å². The van der Waals surface area contributed by atoms with Gasteiger partial charge in [-0.25, -0.2) is 0 Å². The number of carbonyl (C=O) groups excluding carboxylic acids is 2. The first kappa shape index (κ1) is 29.9. The summed E-state index contributed by atoms with van der Waals surface area (Å²) in [5.74, 6) is -10.7. The van der Waals surface area contributed by atoms with E-state index in [0.29, 0.717) is 0 Å². The number of halogens is 12. The van der Waals surface area contributed by atoms with Gasteiger partial charge in [0.05, 0.1) is 0 Å². The van der Waals surface area contributed by atoms with E-state index < -0.39 is 59.9 Å². The number of carbonyl (C=O) groups is 2. The van der Waals surface area contributed by atoms with Crippen molar-refractivity contribution in [1.82, 2.24) is 0 Å². The summed E-state index contributed by atoms with van der Waals surface area (Å²) in [5.41, 5.74) is 0. The van der Waals surface area contributed by atoms with Crippen LogP contribution in [-0.2, 0) is 29.1 Å². The minimum atomic E-state index is -5.42. The Balaban J connectivity index is -0.000000411. The second kappa shape index (κ2) is 9.94. The Morgan fingerprint density at radius 1 is 0.519 bits per heavy atom. The Morgan fingerprint density at radius 2 is 0.704 bits per heavy atom. The topological polar surface area (TPSA) is 74.6 Å². The Hall–Kier alpha value is -1.80. The van der Waals surface area contributed by atoms with Gasteiger partial charge < -0.3 is 10.2 Å². The predicted octanol–water partition coefficient (Wildman–Crippen LogP) is 4.24. The molecule has 0 saturated carbocycles. The third-order valence-corrected chi connectivity index (χ3v) is 1.68. The summed E-state index contributed by atoms with van der Waals surface area (Å²) in [7, 11) is 0. The Kier molecular flexibility index (Phi) is 11.0. The molecule has 0 bridgehead atoms. The minimum absolute atomic E-state index is 0. The molecule has 0 aliphatic heterocycles. The fourth-order valence-electron chi connectivity index (χ4n) is 0.576. The van der Waals surface area contributed by atoms with Gasteiger partial charge in [0, 0.05) is 31.6 Å². The molecular formula is C10H4F12O4Zn. The number of allylic oxidation sites excluding steroid dienone is 4. The molecular weight excluding hydrogens is 477 g/mol. The van der Waals surface area contributed by atoms with Crippen molar-refractivity contribution in [2.24, 2.45) is 0 Å². The fourth-order valence-corrected chi connectivity index (χ4v) is 0.576. The molecule has 0 atom stereocenters. The third-order valence-electron chi connectivity index (χ3n) is 1.68. The van der Waals surface area contributed by atoms with Crippen molar-refractivity contribution in [2.45, 2.75) is 24.7 Å². The van der Waals surface area contributed by atoms with Crippen LogP contribution in [0.25, 0.3) is 0 Å². The van der Waals surface area contributed by atoms with Gasteiger partial charge in [0.15, 0.2) is 0 Å². The van der Waals surface area contributed by atoms with Gasteiger partial charge in [0.1, 0.15) is 0 Å². The van der Waals surface area contributed by atoms with Crippen LogP contribution in [0.15, 0.2) is 23.7 Å². The summed E-state index contributed by atoms with van der Waals surface area (Å²) in [6.45, 7) is 0. The second-order valence-electron chi connectivity index (χ2n) is 3.78. The number of hydrogen-bond acceptors (Lipinski definition) is 4. The predicted molar refractivity (Wildman–Crippen MR) is 55.7 cm³/mol. The molecule has 0 amide bonds. The van der Waals surface area contributed by atoms with Crippen LogP contribution in [0.1, 0.15) is 0 Å². The van der Waals surface area contributed by atoms with Gasteiger partial charge in [0.25, 0.3) is 11.6 Å². The van der Waals surface area contributed by atoms with E-state index in [-0.39, 0.29) is 19.5 Å². The zero-order valence-electron chi connectivity index (χ0n) is 12.1. The van der Waals surface area contributed by atoms with E-state index in [9.17, 15) is 62.3 Å². The number of aliphatic hydroxyl groups excluding tert-OH is 2. The van der Waals surface area contributed by atoms with Gasteiger partial charge in [0.2, 0.25) is 11.5 Å². The molecule has 0 unspecified atom stereocenters. The first-order valence-corrected chi connectivity index (χ1v) is 5.28. The second-order valence-corrected chi connectivity index (χ2v) is 3.78. The molecule has 2 N–H and O–H groups in total. The maximum atomic E-state index is 11.4. The van der Waals surface area contributed by atoms with Crippen molar-refractivity contribution >= 4 is 11.6 Å². The summed E-state index contributed by atoms with van der Waals surface area (Å²) in [4.78, 5) is 19.7. The molecule has 0 spiro atoms. The zero-order chi connectivity index (χ0) is 21.7. The average molecular weight is 482 g/mol. The van der Waals surface area contributed by atoms with Crippen molar-refractivity contribution in [3.05, 3.63) is 23.7 Å². The molecule has 17 heteroatoms. The van der Waals surface area contributed by atoms with E-state index in [4.69, 9.17) is 10.2 Å². The molecule has 0 saturated heterocycles. The van der Waals surface area contributed by atoms with Crippen molar-refractivity contribution in [1.29, 1.82) is 0 Å². The summed E-state index contributed by atoms with van der Waals surface area (Å²) < 4.78 is 136. The van der Waals surface area contributed by atoms with E-state index in [2.05, 4.69) is 0 Å². The van der Waals surface area contributed by atoms with E-state index in [0.717, 1.165) is 0 Å². The number of ketones is 2. The Bertz CT molecular complexity index is 527. The molecule has 0 heterocycles. The van der Waals surface area contributed by atoms with Crippen LogP contribution in [0.4, 0.5) is 52.7 Å². The standard InChI is InChI=1S/2C5H2F6O2.Zn/c2*6-4(7,8)2(12)1-3(13)5(9,10)11;/h2*1,12H;/b2*2-1-;. The molecule has 0 aromatic carbocycles. The number of hydrogen-bond donors (Lipinski definition) is 2. The summed E-state index contributed by atoms with van der Waals surface area (Å²) in [6, 6.07) is 0. The molecule has 4 nitrogen and oxygen atoms in total. The monoisotopic (exact) mass is 480 g/mol. The van der Waals surface area contributed by atoms with Gasteiger partial charge in [-0.2, -0.15) is 52.7 Å². The van der Waals surface area contributed by atoms with Gasteiger partial charge in [-0.3, -0.25) is 9.59 Å². The van der Waals surface area contributed by atoms with Crippen molar-refractivity contribution in [2.75, 3.05) is 0 Å².